The van der Waals surface area contributed by atoms with Crippen LogP contribution in [0.3, 0.4) is 0 Å². The first kappa shape index (κ1) is 112. The number of esters is 1. The van der Waals surface area contributed by atoms with Gasteiger partial charge < -0.3 is 176 Å². The molecule has 4 aromatic rings. The molecule has 3 radical (unpaired) electrons. The van der Waals surface area contributed by atoms with Crippen molar-refractivity contribution in [3.8, 4) is 11.4 Å². The van der Waals surface area contributed by atoms with E-state index >= 15 is 4.39 Å². The number of hydroxylamine groups is 1. The van der Waals surface area contributed by atoms with Crippen LogP contribution in [0, 0.1) is 18.7 Å². The number of nitrogens with one attached hydrogen (secondary N) is 7. The average molecular weight is 1930 g/mol. The number of fused-ring (bicyclic) bond motifs is 5. The molecule has 2 aromatic carbocycles. The number of anilines is 1. The van der Waals surface area contributed by atoms with Crippen molar-refractivity contribution >= 4 is 74.5 Å². The smallest absolute Gasteiger partial charge is 0.407 e. The lowest BCUT2D eigenvalue weighted by atomic mass is 9.81. The predicted molar refractivity (Wildman–Crippen MR) is 465 cm³/mol. The van der Waals surface area contributed by atoms with Crippen LogP contribution in [0.15, 0.2) is 41.2 Å². The lowest BCUT2D eigenvalue weighted by Gasteiger charge is -2.35. The highest BCUT2D eigenvalue weighted by Crippen LogP contribution is 2.47. The molecule has 7 rings (SSSR count). The topological polar surface area (TPSA) is 711 Å². The highest BCUT2D eigenvalue weighted by Gasteiger charge is 2.50. The van der Waals surface area contributed by atoms with Crippen molar-refractivity contribution in [2.45, 2.75) is 201 Å². The van der Waals surface area contributed by atoms with Gasteiger partial charge in [0.1, 0.15) is 92.2 Å². The number of cyclic esters (lactones) is 1. The molecule has 0 saturated heterocycles. The SMILES string of the molecule is Cc1c(F)cc2nc3c(c4c2c1CC[C@@H]4NC(=O)OCc1ccc(NC(=O)[C@H](CCCNC(N)=O)NC(=O)[C@@H](NC(=O)[C@@H](N)CCCCNC(=O)C(O)COCC(O)COCC(O)COCC(O)COCC(O)COCC(O)COCC(O)COCC(O)COCC(O)COCC(O)COCC(O)COCC(O)C(=O)NO)C(C)C)cc1)Cn1c-3cc2c(c1=O)COC(=O)[C@]2(O)[C@@H](C)[Si]. The molecule has 4 heterocycles. The van der Waals surface area contributed by atoms with Gasteiger partial charge in [-0.25, -0.2) is 29.2 Å². The number of nitrogens with zero attached hydrogens (tertiary/aromatic N) is 2. The average Bonchev–Trinajstić information content (AvgIpc) is 1.52. The zero-order chi connectivity index (χ0) is 98.3. The summed E-state index contributed by atoms with van der Waals surface area (Å²) < 4.78 is 85.6. The summed E-state index contributed by atoms with van der Waals surface area (Å²) in [7, 11) is 3.38. The molecule has 0 saturated carbocycles. The zero-order valence-corrected chi connectivity index (χ0v) is 76.1. The molecule has 12 unspecified atom stereocenters. The minimum absolute atomic E-state index is 0.00695. The van der Waals surface area contributed by atoms with Gasteiger partial charge in [-0.15, -0.1) is 0 Å². The van der Waals surface area contributed by atoms with E-state index < -0.39 is 187 Å². The summed E-state index contributed by atoms with van der Waals surface area (Å²) in [6.07, 6.45) is -13.9. The number of primary amides is 1. The van der Waals surface area contributed by atoms with Gasteiger partial charge in [-0.05, 0) is 104 Å². The largest absolute Gasteiger partial charge is 0.458 e. The minimum atomic E-state index is -2.21. The molecule has 0 spiro atoms. The van der Waals surface area contributed by atoms with Crippen molar-refractivity contribution in [1.82, 2.24) is 41.6 Å². The molecule has 0 fully saturated rings. The molecule has 2 aliphatic heterocycles. The number of hydrogen-bond donors (Lipinski definition) is 23. The van der Waals surface area contributed by atoms with Crippen LogP contribution in [0.2, 0.25) is 5.54 Å². The number of nitrogens with two attached hydrogens (primary N) is 2. The first-order chi connectivity index (χ1) is 63.8. The maximum absolute atomic E-state index is 15.6. The quantitative estimate of drug-likeness (QED) is 0.00566. The van der Waals surface area contributed by atoms with Gasteiger partial charge >= 0.3 is 18.1 Å². The molecule has 8 amide bonds. The molecule has 0 bridgehead atoms. The molecular formula is C85H129FN11O36Si. The van der Waals surface area contributed by atoms with E-state index in [4.69, 9.17) is 83.2 Å². The molecule has 49 heteroatoms. The summed E-state index contributed by atoms with van der Waals surface area (Å²) in [4.78, 5) is 122. The molecule has 25 N–H and O–H groups in total. The fraction of sp³-hybridized carbons (Fsp3) is 0.671. The molecule has 2 aromatic heterocycles. The van der Waals surface area contributed by atoms with Crippen molar-refractivity contribution in [1.29, 1.82) is 0 Å². The maximum Gasteiger partial charge on any atom is 0.407 e. The number of benzene rings is 2. The van der Waals surface area contributed by atoms with Gasteiger partial charge in [0.05, 0.1) is 186 Å². The van der Waals surface area contributed by atoms with Crippen LogP contribution in [0.25, 0.3) is 22.3 Å². The standard InChI is InChI=1S/C85H129FN11O36Si/c1-45(2)74(80(114)93-67(9-7-17-90-83(88)117)77(111)91-49-12-10-48(11-13-49)21-133-84(118)94-66-15-14-60-46(3)64(86)19-68-72(60)73(66)61-20-97-69(75(61)92-68)18-63-62(81(97)115)42-132-82(116)85(63,119)47(4)134)95-76(110)65(87)8-5-6-16-89-78(112)70(108)43-130-40-58(106)38-128-36-56(104)34-126-32-54(102)30-124-28-52(100)26-122-24-50(98)22-121-23-51(99)25-123-27-53(101)29-125-31-55(103)33-127-35-57(105)37-129-39-59(107)41-131-44-71(109)79(113)96-120/h10-13,18-19,45,47,50-59,65-67,70-71,74,98-109,119-120H,5-9,14-17,20-44,87H2,1-4H3,(H,89,112)(H,91,111)(H,93,114)(H,94,118)(H,95,110)(H,96,113)(H3,88,90,117)/t47-,50?,51?,52?,53?,54?,55?,56?,57?,58?,59?,65+,66+,67+,70?,71?,74+,85+/m1/s1. The Morgan fingerprint density at radius 3 is 1.46 bits per heavy atom. The van der Waals surface area contributed by atoms with Crippen LogP contribution in [0.5, 0.6) is 0 Å². The monoisotopic (exact) mass is 1930 g/mol. The number of alkyl carbamates (subject to hydrolysis) is 1. The highest BCUT2D eigenvalue weighted by molar-refractivity contribution is 6.15. The fourth-order valence-electron chi connectivity index (χ4n) is 14.2. The molecule has 3 aliphatic rings. The summed E-state index contributed by atoms with van der Waals surface area (Å²) >= 11 is 0. The van der Waals surface area contributed by atoms with Crippen molar-refractivity contribution in [3.63, 3.8) is 0 Å². The fourth-order valence-corrected chi connectivity index (χ4v) is 14.4. The van der Waals surface area contributed by atoms with E-state index in [1.165, 1.54) is 22.2 Å². The van der Waals surface area contributed by atoms with Crippen LogP contribution in [0.1, 0.15) is 104 Å². The van der Waals surface area contributed by atoms with E-state index in [1.807, 2.05) is 0 Å². The third-order valence-electron chi connectivity index (χ3n) is 21.2. The van der Waals surface area contributed by atoms with Gasteiger partial charge in [0.25, 0.3) is 17.4 Å². The first-order valence-electron chi connectivity index (χ1n) is 43.8. The van der Waals surface area contributed by atoms with E-state index in [1.54, 1.807) is 52.0 Å². The summed E-state index contributed by atoms with van der Waals surface area (Å²) in [6.45, 7) is -0.159. The number of aliphatic hydroxyl groups excluding tert-OH is 12. The highest BCUT2D eigenvalue weighted by atomic mass is 28.1. The number of aromatic nitrogens is 2. The van der Waals surface area contributed by atoms with Crippen molar-refractivity contribution < 1.29 is 176 Å². The maximum atomic E-state index is 15.6. The van der Waals surface area contributed by atoms with Gasteiger partial charge in [0.15, 0.2) is 17.8 Å². The van der Waals surface area contributed by atoms with Gasteiger partial charge in [0, 0.05) is 51.6 Å². The molecule has 134 heavy (non-hydrogen) atoms. The number of ether oxygens (including phenoxy) is 13. The summed E-state index contributed by atoms with van der Waals surface area (Å²) in [5.74, 6) is -5.86. The van der Waals surface area contributed by atoms with Gasteiger partial charge in [-0.1, -0.05) is 32.9 Å². The van der Waals surface area contributed by atoms with E-state index in [2.05, 4.69) is 42.1 Å². The lowest BCUT2D eigenvalue weighted by molar-refractivity contribution is -0.172. The molecule has 18 atom stereocenters. The minimum Gasteiger partial charge on any atom is -0.458 e. The first-order valence-corrected chi connectivity index (χ1v) is 44.4. The third kappa shape index (κ3) is 36.3. The van der Waals surface area contributed by atoms with Crippen molar-refractivity contribution in [2.24, 2.45) is 17.4 Å². The number of aryl methyl sites for hydroxylation is 1. The van der Waals surface area contributed by atoms with Gasteiger partial charge in [-0.3, -0.25) is 34.0 Å². The number of carbonyl (C=O) groups is 8. The Hall–Kier alpha value is -8.73. The van der Waals surface area contributed by atoms with Crippen LogP contribution < -0.4 is 54.4 Å². The molecule has 751 valence electrons. The van der Waals surface area contributed by atoms with E-state index in [9.17, 15) is 110 Å². The second-order valence-corrected chi connectivity index (χ2v) is 34.0. The summed E-state index contributed by atoms with van der Waals surface area (Å²) in [5.41, 5.74) is 13.3. The lowest BCUT2D eigenvalue weighted by Crippen LogP contribution is -2.56. The number of rotatable bonds is 66. The number of urea groups is 1. The van der Waals surface area contributed by atoms with Crippen molar-refractivity contribution in [2.75, 3.05) is 164 Å². The number of unbranched alkanes of at least 4 members (excludes halogenated alkanes) is 1. The number of hydrogen-bond acceptors (Lipinski definition) is 38. The van der Waals surface area contributed by atoms with Crippen LogP contribution in [0.4, 0.5) is 19.7 Å². The zero-order valence-electron chi connectivity index (χ0n) is 75.1. The third-order valence-corrected chi connectivity index (χ3v) is 21.6. The number of aliphatic hydroxyl groups is 13. The number of halogens is 1. The van der Waals surface area contributed by atoms with Crippen molar-refractivity contribution in [3.05, 3.63) is 91.5 Å². The van der Waals surface area contributed by atoms with Crippen LogP contribution in [-0.2, 0) is 122 Å². The number of amides is 8. The number of pyridine rings is 2. The van der Waals surface area contributed by atoms with E-state index in [0.29, 0.717) is 64.6 Å². The molecule has 1 aliphatic carbocycles. The van der Waals surface area contributed by atoms with Gasteiger partial charge in [0.2, 0.25) is 17.7 Å². The molecular weight excluding hydrogens is 1800 g/mol. The Morgan fingerprint density at radius 1 is 0.567 bits per heavy atom. The van der Waals surface area contributed by atoms with Crippen LogP contribution >= 0.6 is 0 Å². The summed E-state index contributed by atoms with van der Waals surface area (Å²) in [5, 5.41) is 158. The van der Waals surface area contributed by atoms with E-state index in [0.717, 1.165) is 0 Å². The summed E-state index contributed by atoms with van der Waals surface area (Å²) in [6, 6.07) is 4.12. The Balaban J connectivity index is 0.688. The number of carbonyl (C=O) groups excluding carboxylic acids is 8. The predicted octanol–water partition coefficient (Wildman–Crippen LogP) is -6.35. The Morgan fingerprint density at radius 2 is 1.01 bits per heavy atom. The second-order valence-electron chi connectivity index (χ2n) is 33.2. The van der Waals surface area contributed by atoms with Crippen LogP contribution in [-0.4, -0.2) is 389 Å². The Kier molecular flexibility index (Phi) is 48.1. The van der Waals surface area contributed by atoms with Gasteiger partial charge in [-0.2, -0.15) is 0 Å². The van der Waals surface area contributed by atoms with E-state index in [-0.39, 0.29) is 212 Å². The Labute approximate surface area is 773 Å². The molecule has 47 nitrogen and oxygen atoms in total. The normalized spacial score (nSPS) is 18.1. The Bertz CT molecular complexity index is 4440. The second kappa shape index (κ2) is 57.5.